The van der Waals surface area contributed by atoms with Crippen molar-refractivity contribution in [2.24, 2.45) is 5.84 Å². The van der Waals surface area contributed by atoms with Crippen LogP contribution in [0, 0.1) is 5.82 Å². The minimum absolute atomic E-state index is 0.176. The molecule has 0 bridgehead atoms. The molecule has 1 atom stereocenters. The molecule has 0 saturated carbocycles. The van der Waals surface area contributed by atoms with E-state index in [4.69, 9.17) is 5.84 Å². The van der Waals surface area contributed by atoms with Crippen LogP contribution >= 0.6 is 0 Å². The average molecular weight is 227 g/mol. The van der Waals surface area contributed by atoms with E-state index < -0.39 is 5.82 Å². The Morgan fingerprint density at radius 2 is 2.31 bits per heavy atom. The van der Waals surface area contributed by atoms with Crippen LogP contribution in [-0.2, 0) is 0 Å². The predicted octanol–water partition coefficient (Wildman–Crippen LogP) is 1.89. The molecule has 0 fully saturated rings. The molecule has 1 aromatic heterocycles. The van der Waals surface area contributed by atoms with Gasteiger partial charge < -0.3 is 5.32 Å². The summed E-state index contributed by atoms with van der Waals surface area (Å²) in [5, 5.41) is 3.00. The summed E-state index contributed by atoms with van der Waals surface area (Å²) < 4.78 is 13.3. The van der Waals surface area contributed by atoms with Gasteiger partial charge in [-0.1, -0.05) is 19.8 Å². The fourth-order valence-electron chi connectivity index (χ4n) is 1.35. The summed E-state index contributed by atoms with van der Waals surface area (Å²) in [5.74, 6) is 5.07. The van der Waals surface area contributed by atoms with E-state index in [1.807, 2.05) is 6.92 Å². The molecule has 1 unspecified atom stereocenters. The quantitative estimate of drug-likeness (QED) is 0.511. The second-order valence-corrected chi connectivity index (χ2v) is 3.72. The highest BCUT2D eigenvalue weighted by Gasteiger charge is 2.09. The molecule has 1 rings (SSSR count). The number of hydrazine groups is 1. The van der Waals surface area contributed by atoms with Crippen molar-refractivity contribution in [3.8, 4) is 0 Å². The third kappa shape index (κ3) is 3.62. The van der Waals surface area contributed by atoms with Crippen molar-refractivity contribution in [2.45, 2.75) is 39.2 Å². The molecule has 5 nitrogen and oxygen atoms in total. The SMILES string of the molecule is CCCCC(C)Nc1nc(NN)ncc1F. The van der Waals surface area contributed by atoms with Gasteiger partial charge in [0.15, 0.2) is 11.6 Å². The average Bonchev–Trinajstić information content (AvgIpc) is 2.29. The molecule has 1 heterocycles. The van der Waals surface area contributed by atoms with Crippen LogP contribution in [0.2, 0.25) is 0 Å². The molecule has 6 heteroatoms. The maximum Gasteiger partial charge on any atom is 0.239 e. The number of anilines is 2. The first-order valence-electron chi connectivity index (χ1n) is 5.43. The molecule has 0 aliphatic carbocycles. The number of rotatable bonds is 6. The highest BCUT2D eigenvalue weighted by atomic mass is 19.1. The maximum atomic E-state index is 13.3. The summed E-state index contributed by atoms with van der Waals surface area (Å²) in [4.78, 5) is 7.57. The summed E-state index contributed by atoms with van der Waals surface area (Å²) in [6.45, 7) is 4.11. The third-order valence-electron chi connectivity index (χ3n) is 2.25. The number of nitrogen functional groups attached to an aromatic ring is 1. The molecular formula is C10H18FN5. The molecule has 1 aromatic rings. The van der Waals surface area contributed by atoms with Crippen molar-refractivity contribution in [3.63, 3.8) is 0 Å². The Bertz CT molecular complexity index is 331. The van der Waals surface area contributed by atoms with E-state index in [-0.39, 0.29) is 17.8 Å². The highest BCUT2D eigenvalue weighted by Crippen LogP contribution is 2.14. The lowest BCUT2D eigenvalue weighted by atomic mass is 10.1. The van der Waals surface area contributed by atoms with Gasteiger partial charge in [0.1, 0.15) is 0 Å². The van der Waals surface area contributed by atoms with Crippen LogP contribution in [0.5, 0.6) is 0 Å². The second kappa shape index (κ2) is 6.22. The lowest BCUT2D eigenvalue weighted by Crippen LogP contribution is -2.19. The van der Waals surface area contributed by atoms with Crippen LogP contribution in [0.4, 0.5) is 16.2 Å². The zero-order valence-electron chi connectivity index (χ0n) is 9.63. The highest BCUT2D eigenvalue weighted by molar-refractivity contribution is 5.41. The Hall–Kier alpha value is -1.43. The largest absolute Gasteiger partial charge is 0.365 e. The number of halogens is 1. The van der Waals surface area contributed by atoms with Gasteiger partial charge in [-0.15, -0.1) is 0 Å². The number of nitrogens with one attached hydrogen (secondary N) is 2. The molecule has 0 aromatic carbocycles. The van der Waals surface area contributed by atoms with Gasteiger partial charge >= 0.3 is 0 Å². The van der Waals surface area contributed by atoms with E-state index in [0.717, 1.165) is 25.5 Å². The number of nitrogens with zero attached hydrogens (tertiary/aromatic N) is 2. The van der Waals surface area contributed by atoms with Crippen molar-refractivity contribution >= 4 is 11.8 Å². The van der Waals surface area contributed by atoms with E-state index in [1.54, 1.807) is 0 Å². The minimum atomic E-state index is -0.470. The molecule has 4 N–H and O–H groups in total. The van der Waals surface area contributed by atoms with Gasteiger partial charge in [-0.05, 0) is 13.3 Å². The number of aromatic nitrogens is 2. The summed E-state index contributed by atoms with van der Waals surface area (Å²) >= 11 is 0. The fraction of sp³-hybridized carbons (Fsp3) is 0.600. The molecule has 0 aliphatic heterocycles. The second-order valence-electron chi connectivity index (χ2n) is 3.72. The Kier molecular flexibility index (Phi) is 4.91. The van der Waals surface area contributed by atoms with Crippen molar-refractivity contribution in [1.29, 1.82) is 0 Å². The molecule has 90 valence electrons. The van der Waals surface area contributed by atoms with Gasteiger partial charge in [-0.3, -0.25) is 5.43 Å². The summed E-state index contributed by atoms with van der Waals surface area (Å²) in [7, 11) is 0. The Morgan fingerprint density at radius 3 is 2.94 bits per heavy atom. The van der Waals surface area contributed by atoms with E-state index in [1.165, 1.54) is 0 Å². The Labute approximate surface area is 94.6 Å². The van der Waals surface area contributed by atoms with E-state index >= 15 is 0 Å². The van der Waals surface area contributed by atoms with E-state index in [2.05, 4.69) is 27.6 Å². The zero-order chi connectivity index (χ0) is 12.0. The van der Waals surface area contributed by atoms with Crippen LogP contribution in [0.3, 0.4) is 0 Å². The molecule has 0 saturated heterocycles. The molecular weight excluding hydrogens is 209 g/mol. The first-order valence-corrected chi connectivity index (χ1v) is 5.43. The van der Waals surface area contributed by atoms with Crippen LogP contribution < -0.4 is 16.6 Å². The first-order chi connectivity index (χ1) is 7.67. The molecule has 0 aliphatic rings. The van der Waals surface area contributed by atoms with Gasteiger partial charge in [0, 0.05) is 6.04 Å². The Balaban J connectivity index is 2.64. The standard InChI is InChI=1S/C10H18FN5/c1-3-4-5-7(2)14-9-8(11)6-13-10(15-9)16-12/h6-7H,3-5,12H2,1-2H3,(H2,13,14,15,16). The van der Waals surface area contributed by atoms with Gasteiger partial charge in [0.2, 0.25) is 5.95 Å². The minimum Gasteiger partial charge on any atom is -0.365 e. The van der Waals surface area contributed by atoms with Crippen LogP contribution in [0.1, 0.15) is 33.1 Å². The predicted molar refractivity (Wildman–Crippen MR) is 62.4 cm³/mol. The van der Waals surface area contributed by atoms with Crippen LogP contribution in [0.25, 0.3) is 0 Å². The van der Waals surface area contributed by atoms with E-state index in [0.29, 0.717) is 0 Å². The van der Waals surface area contributed by atoms with Crippen molar-refractivity contribution < 1.29 is 4.39 Å². The fourth-order valence-corrected chi connectivity index (χ4v) is 1.35. The number of nitrogens with two attached hydrogens (primary N) is 1. The van der Waals surface area contributed by atoms with Crippen LogP contribution in [0.15, 0.2) is 6.20 Å². The lowest BCUT2D eigenvalue weighted by molar-refractivity contribution is 0.600. The molecule has 16 heavy (non-hydrogen) atoms. The summed E-state index contributed by atoms with van der Waals surface area (Å²) in [6, 6.07) is 0.176. The van der Waals surface area contributed by atoms with Gasteiger partial charge in [-0.25, -0.2) is 15.2 Å². The smallest absolute Gasteiger partial charge is 0.239 e. The van der Waals surface area contributed by atoms with Gasteiger partial charge in [0.25, 0.3) is 0 Å². The van der Waals surface area contributed by atoms with Gasteiger partial charge in [-0.2, -0.15) is 4.98 Å². The van der Waals surface area contributed by atoms with Gasteiger partial charge in [0.05, 0.1) is 6.20 Å². The van der Waals surface area contributed by atoms with Crippen molar-refractivity contribution in [1.82, 2.24) is 9.97 Å². The molecule has 0 spiro atoms. The lowest BCUT2D eigenvalue weighted by Gasteiger charge is -2.14. The van der Waals surface area contributed by atoms with E-state index in [9.17, 15) is 4.39 Å². The van der Waals surface area contributed by atoms with Crippen molar-refractivity contribution in [2.75, 3.05) is 10.7 Å². The number of unbranched alkanes of at least 4 members (excludes halogenated alkanes) is 1. The maximum absolute atomic E-state index is 13.3. The normalized spacial score (nSPS) is 12.2. The topological polar surface area (TPSA) is 75.9 Å². The van der Waals surface area contributed by atoms with Crippen LogP contribution in [-0.4, -0.2) is 16.0 Å². The summed E-state index contributed by atoms with van der Waals surface area (Å²) in [6.07, 6.45) is 4.29. The number of hydrogen-bond donors (Lipinski definition) is 3. The third-order valence-corrected chi connectivity index (χ3v) is 2.25. The summed E-state index contributed by atoms with van der Waals surface area (Å²) in [5.41, 5.74) is 2.28. The van der Waals surface area contributed by atoms with Crippen molar-refractivity contribution in [3.05, 3.63) is 12.0 Å². The number of hydrogen-bond acceptors (Lipinski definition) is 5. The Morgan fingerprint density at radius 1 is 1.56 bits per heavy atom. The molecule has 0 radical (unpaired) electrons. The first kappa shape index (κ1) is 12.6. The molecule has 0 amide bonds. The zero-order valence-corrected chi connectivity index (χ0v) is 9.63. The monoisotopic (exact) mass is 227 g/mol.